The van der Waals surface area contributed by atoms with Crippen LogP contribution in [0.3, 0.4) is 0 Å². The molecule has 0 bridgehead atoms. The molecule has 0 aliphatic carbocycles. The Kier molecular flexibility index (Phi) is 3.85. The maximum absolute atomic E-state index is 10.9. The molecule has 0 saturated carbocycles. The zero-order chi connectivity index (χ0) is 14.0. The molecule has 0 radical (unpaired) electrons. The van der Waals surface area contributed by atoms with Crippen LogP contribution in [0.25, 0.3) is 0 Å². The number of thiazole rings is 1. The first-order valence-corrected chi connectivity index (χ1v) is 6.68. The van der Waals surface area contributed by atoms with E-state index in [0.29, 0.717) is 17.3 Å². The van der Waals surface area contributed by atoms with Crippen LogP contribution in [-0.4, -0.2) is 16.1 Å². The number of rotatable bonds is 4. The molecule has 4 nitrogen and oxygen atoms in total. The van der Waals surface area contributed by atoms with E-state index in [1.54, 1.807) is 6.92 Å². The summed E-state index contributed by atoms with van der Waals surface area (Å²) in [5.41, 5.74) is 2.72. The summed E-state index contributed by atoms with van der Waals surface area (Å²) >= 11 is 1.16. The van der Waals surface area contributed by atoms with Crippen LogP contribution in [0.1, 0.15) is 31.5 Å². The summed E-state index contributed by atoms with van der Waals surface area (Å²) in [5, 5.41) is 9.65. The number of hydrogen-bond donors (Lipinski definition) is 1. The number of carboxylic acids is 1. The Hall–Kier alpha value is -1.88. The first kappa shape index (κ1) is 13.5. The first-order valence-electron chi connectivity index (χ1n) is 5.87. The minimum absolute atomic E-state index is 0.277. The zero-order valence-electron chi connectivity index (χ0n) is 11.1. The summed E-state index contributed by atoms with van der Waals surface area (Å²) in [6.45, 7) is 5.97. The number of ether oxygens (including phenoxy) is 1. The van der Waals surface area contributed by atoms with E-state index in [2.05, 4.69) is 4.98 Å². The summed E-state index contributed by atoms with van der Waals surface area (Å²) in [5.74, 6) is -0.127. The van der Waals surface area contributed by atoms with E-state index in [1.807, 2.05) is 32.0 Å². The Labute approximate surface area is 115 Å². The third-order valence-corrected chi connectivity index (χ3v) is 3.85. The van der Waals surface area contributed by atoms with Crippen LogP contribution in [0.15, 0.2) is 18.2 Å². The van der Waals surface area contributed by atoms with Crippen LogP contribution >= 0.6 is 11.3 Å². The first-order chi connectivity index (χ1) is 8.97. The number of aromatic carboxylic acids is 1. The molecule has 0 aliphatic heterocycles. The van der Waals surface area contributed by atoms with Crippen LogP contribution in [0.5, 0.6) is 5.75 Å². The molecule has 19 heavy (non-hydrogen) atoms. The molecule has 0 saturated heterocycles. The smallest absolute Gasteiger partial charge is 0.347 e. The highest BCUT2D eigenvalue weighted by atomic mass is 32.1. The van der Waals surface area contributed by atoms with Crippen molar-refractivity contribution in [3.63, 3.8) is 0 Å². The van der Waals surface area contributed by atoms with E-state index in [-0.39, 0.29) is 4.88 Å². The number of aryl methyl sites for hydroxylation is 3. The molecular weight excluding hydrogens is 262 g/mol. The van der Waals surface area contributed by atoms with Gasteiger partial charge in [0.1, 0.15) is 22.2 Å². The minimum atomic E-state index is -0.937. The minimum Gasteiger partial charge on any atom is -0.486 e. The second-order valence-corrected chi connectivity index (χ2v) is 5.47. The van der Waals surface area contributed by atoms with Gasteiger partial charge in [-0.2, -0.15) is 0 Å². The third kappa shape index (κ3) is 3.12. The fraction of sp³-hybridized carbons (Fsp3) is 0.286. The molecule has 1 N–H and O–H groups in total. The predicted octanol–water partition coefficient (Wildman–Crippen LogP) is 3.35. The van der Waals surface area contributed by atoms with Gasteiger partial charge in [0.25, 0.3) is 0 Å². The van der Waals surface area contributed by atoms with E-state index in [9.17, 15) is 4.79 Å². The molecular formula is C14H15NO3S. The van der Waals surface area contributed by atoms with Gasteiger partial charge in [0.15, 0.2) is 0 Å². The molecule has 5 heteroatoms. The molecule has 0 aliphatic rings. The second-order valence-electron chi connectivity index (χ2n) is 4.38. The quantitative estimate of drug-likeness (QED) is 0.931. The molecule has 100 valence electrons. The van der Waals surface area contributed by atoms with Gasteiger partial charge < -0.3 is 9.84 Å². The van der Waals surface area contributed by atoms with Gasteiger partial charge in [-0.25, -0.2) is 9.78 Å². The average Bonchev–Trinajstić information content (AvgIpc) is 2.72. The normalized spacial score (nSPS) is 10.5. The van der Waals surface area contributed by atoms with Gasteiger partial charge in [-0.05, 0) is 38.0 Å². The molecule has 0 fully saturated rings. The van der Waals surface area contributed by atoms with Crippen LogP contribution in [-0.2, 0) is 6.61 Å². The molecule has 0 amide bonds. The Balaban J connectivity index is 2.12. The number of carbonyl (C=O) groups is 1. The highest BCUT2D eigenvalue weighted by molar-refractivity contribution is 7.13. The number of benzene rings is 1. The van der Waals surface area contributed by atoms with Crippen LogP contribution in [0, 0.1) is 20.8 Å². The summed E-state index contributed by atoms with van der Waals surface area (Å²) in [4.78, 5) is 15.4. The van der Waals surface area contributed by atoms with Crippen molar-refractivity contribution in [2.24, 2.45) is 0 Å². The van der Waals surface area contributed by atoms with Crippen LogP contribution in [0.4, 0.5) is 0 Å². The number of carboxylic acid groups (broad SMARTS) is 1. The van der Waals surface area contributed by atoms with Crippen molar-refractivity contribution in [2.75, 3.05) is 0 Å². The van der Waals surface area contributed by atoms with Gasteiger partial charge in [0, 0.05) is 0 Å². The molecule has 1 aromatic heterocycles. The van der Waals surface area contributed by atoms with Gasteiger partial charge in [-0.15, -0.1) is 11.3 Å². The summed E-state index contributed by atoms with van der Waals surface area (Å²) in [6, 6.07) is 5.99. The lowest BCUT2D eigenvalue weighted by Crippen LogP contribution is -1.97. The van der Waals surface area contributed by atoms with Crippen molar-refractivity contribution in [3.8, 4) is 5.75 Å². The van der Waals surface area contributed by atoms with E-state index >= 15 is 0 Å². The molecule has 1 heterocycles. The Morgan fingerprint density at radius 2 is 2.11 bits per heavy atom. The van der Waals surface area contributed by atoms with Crippen LogP contribution < -0.4 is 4.74 Å². The number of aromatic nitrogens is 1. The van der Waals surface area contributed by atoms with Crippen molar-refractivity contribution in [2.45, 2.75) is 27.4 Å². The Bertz CT molecular complexity index is 619. The number of nitrogens with zero attached hydrogens (tertiary/aromatic N) is 1. The fourth-order valence-electron chi connectivity index (χ4n) is 1.71. The van der Waals surface area contributed by atoms with Gasteiger partial charge in [0.2, 0.25) is 0 Å². The largest absolute Gasteiger partial charge is 0.486 e. The molecule has 2 rings (SSSR count). The lowest BCUT2D eigenvalue weighted by atomic mass is 10.1. The Morgan fingerprint density at radius 1 is 1.37 bits per heavy atom. The van der Waals surface area contributed by atoms with Crippen molar-refractivity contribution in [1.82, 2.24) is 4.98 Å². The van der Waals surface area contributed by atoms with Crippen molar-refractivity contribution in [3.05, 3.63) is 44.9 Å². The maximum Gasteiger partial charge on any atom is 0.347 e. The standard InChI is InChI=1S/C14H15NO3S/c1-8-4-5-9(2)11(6-8)18-7-12-15-10(3)13(19-12)14(16)17/h4-6H,7H2,1-3H3,(H,16,17). The second kappa shape index (κ2) is 5.40. The van der Waals surface area contributed by atoms with E-state index in [4.69, 9.17) is 9.84 Å². The Morgan fingerprint density at radius 3 is 2.74 bits per heavy atom. The highest BCUT2D eigenvalue weighted by Gasteiger charge is 2.14. The molecule has 0 unspecified atom stereocenters. The van der Waals surface area contributed by atoms with E-state index < -0.39 is 5.97 Å². The van der Waals surface area contributed by atoms with Crippen molar-refractivity contribution < 1.29 is 14.6 Å². The highest BCUT2D eigenvalue weighted by Crippen LogP contribution is 2.23. The van der Waals surface area contributed by atoms with Crippen molar-refractivity contribution >= 4 is 17.3 Å². The zero-order valence-corrected chi connectivity index (χ0v) is 11.9. The summed E-state index contributed by atoms with van der Waals surface area (Å²) in [7, 11) is 0. The SMILES string of the molecule is Cc1ccc(C)c(OCc2nc(C)c(C(=O)O)s2)c1. The van der Waals surface area contributed by atoms with Gasteiger partial charge in [-0.1, -0.05) is 12.1 Å². The van der Waals surface area contributed by atoms with Gasteiger partial charge in [0.05, 0.1) is 5.69 Å². The molecule has 0 spiro atoms. The topological polar surface area (TPSA) is 59.4 Å². The van der Waals surface area contributed by atoms with Gasteiger partial charge >= 0.3 is 5.97 Å². The molecule has 2 aromatic rings. The lowest BCUT2D eigenvalue weighted by molar-refractivity contribution is 0.0701. The molecule has 1 aromatic carbocycles. The van der Waals surface area contributed by atoms with E-state index in [0.717, 1.165) is 28.2 Å². The van der Waals surface area contributed by atoms with Gasteiger partial charge in [-0.3, -0.25) is 0 Å². The lowest BCUT2D eigenvalue weighted by Gasteiger charge is -2.08. The van der Waals surface area contributed by atoms with Crippen LogP contribution in [0.2, 0.25) is 0 Å². The monoisotopic (exact) mass is 277 g/mol. The third-order valence-electron chi connectivity index (χ3n) is 2.73. The summed E-state index contributed by atoms with van der Waals surface area (Å²) in [6.07, 6.45) is 0. The summed E-state index contributed by atoms with van der Waals surface area (Å²) < 4.78 is 5.71. The van der Waals surface area contributed by atoms with E-state index in [1.165, 1.54) is 0 Å². The van der Waals surface area contributed by atoms with Crippen molar-refractivity contribution in [1.29, 1.82) is 0 Å². The number of hydrogen-bond acceptors (Lipinski definition) is 4. The molecule has 0 atom stereocenters. The predicted molar refractivity (Wildman–Crippen MR) is 74.1 cm³/mol. The average molecular weight is 277 g/mol. The fourth-order valence-corrected chi connectivity index (χ4v) is 2.53. The maximum atomic E-state index is 10.9.